The monoisotopic (exact) mass is 351 g/mol. The Hall–Kier alpha value is -2.69. The van der Waals surface area contributed by atoms with Gasteiger partial charge in [0.25, 0.3) is 0 Å². The molecule has 0 spiro atoms. The Morgan fingerprint density at radius 1 is 1.27 bits per heavy atom. The van der Waals surface area contributed by atoms with Crippen molar-refractivity contribution < 1.29 is 9.59 Å². The number of anilines is 1. The molecule has 1 aromatic heterocycles. The van der Waals surface area contributed by atoms with E-state index in [1.165, 1.54) is 0 Å². The molecule has 2 aromatic rings. The van der Waals surface area contributed by atoms with Crippen LogP contribution in [0, 0.1) is 12.8 Å². The van der Waals surface area contributed by atoms with Crippen LogP contribution in [-0.2, 0) is 16.1 Å². The maximum Gasteiger partial charge on any atom is 0.227 e. The second-order valence-corrected chi connectivity index (χ2v) is 7.15. The predicted octanol–water partition coefficient (Wildman–Crippen LogP) is 3.18. The highest BCUT2D eigenvalue weighted by molar-refractivity contribution is 6.01. The minimum atomic E-state index is -0.316. The molecule has 3 rings (SSSR count). The minimum Gasteiger partial charge on any atom is -0.352 e. The summed E-state index contributed by atoms with van der Waals surface area (Å²) in [7, 11) is 0. The number of carbonyl (C=O) groups excluding carboxylic acids is 2. The molecule has 0 aliphatic carbocycles. The molecule has 0 radical (unpaired) electrons. The molecule has 1 N–H and O–H groups in total. The highest BCUT2D eigenvalue weighted by atomic mass is 16.2. The highest BCUT2D eigenvalue weighted by Crippen LogP contribution is 2.34. The number of amides is 2. The van der Waals surface area contributed by atoms with Crippen LogP contribution in [-0.4, -0.2) is 23.3 Å². The molecule has 1 fully saturated rings. The van der Waals surface area contributed by atoms with E-state index in [1.807, 2.05) is 31.2 Å². The van der Waals surface area contributed by atoms with Crippen molar-refractivity contribution in [2.24, 2.45) is 5.92 Å². The topological polar surface area (TPSA) is 62.3 Å². The third-order valence-corrected chi connectivity index (χ3v) is 4.87. The zero-order valence-corrected chi connectivity index (χ0v) is 15.5. The summed E-state index contributed by atoms with van der Waals surface area (Å²) < 4.78 is 0. The van der Waals surface area contributed by atoms with Gasteiger partial charge in [-0.3, -0.25) is 14.6 Å². The summed E-state index contributed by atoms with van der Waals surface area (Å²) in [6.07, 6.45) is 3.66. The van der Waals surface area contributed by atoms with Gasteiger partial charge in [-0.05, 0) is 41.7 Å². The molecular formula is C21H25N3O2. The van der Waals surface area contributed by atoms with Crippen molar-refractivity contribution in [3.8, 4) is 0 Å². The van der Waals surface area contributed by atoms with E-state index < -0.39 is 0 Å². The fourth-order valence-electron chi connectivity index (χ4n) is 3.45. The number of nitrogens with zero attached hydrogens (tertiary/aromatic N) is 2. The van der Waals surface area contributed by atoms with Crippen LogP contribution in [0.15, 0.2) is 42.7 Å². The molecular weight excluding hydrogens is 326 g/mol. The smallest absolute Gasteiger partial charge is 0.227 e. The molecule has 1 aliphatic heterocycles. The number of aromatic nitrogens is 1. The molecule has 1 saturated heterocycles. The van der Waals surface area contributed by atoms with E-state index >= 15 is 0 Å². The van der Waals surface area contributed by atoms with Crippen molar-refractivity contribution in [1.29, 1.82) is 0 Å². The van der Waals surface area contributed by atoms with Gasteiger partial charge in [-0.1, -0.05) is 32.0 Å². The molecule has 2 heterocycles. The van der Waals surface area contributed by atoms with Gasteiger partial charge >= 0.3 is 0 Å². The number of nitrogens with one attached hydrogen (secondary N) is 1. The maximum absolute atomic E-state index is 12.6. The fourth-order valence-corrected chi connectivity index (χ4v) is 3.45. The van der Waals surface area contributed by atoms with Crippen LogP contribution in [0.5, 0.6) is 0 Å². The summed E-state index contributed by atoms with van der Waals surface area (Å²) in [5.74, 6) is -0.0520. The summed E-state index contributed by atoms with van der Waals surface area (Å²) in [6.45, 7) is 7.15. The van der Waals surface area contributed by atoms with Crippen molar-refractivity contribution in [3.63, 3.8) is 0 Å². The molecule has 1 aliphatic rings. The number of rotatable bonds is 5. The fraction of sp³-hybridized carbons (Fsp3) is 0.381. The number of aryl methyl sites for hydroxylation is 1. The first-order chi connectivity index (χ1) is 12.5. The van der Waals surface area contributed by atoms with Gasteiger partial charge in [0.05, 0.1) is 5.92 Å². The second kappa shape index (κ2) is 7.68. The molecule has 2 amide bonds. The lowest BCUT2D eigenvalue weighted by Crippen LogP contribution is -2.33. The van der Waals surface area contributed by atoms with Crippen LogP contribution >= 0.6 is 0 Å². The first-order valence-corrected chi connectivity index (χ1v) is 9.04. The number of pyridine rings is 1. The SMILES string of the molecule is Cc1cccc(C(C)C)c1N1CC(C(=O)NCc2ccncc2)CC1=O. The zero-order valence-electron chi connectivity index (χ0n) is 15.5. The lowest BCUT2D eigenvalue weighted by molar-refractivity contribution is -0.126. The maximum atomic E-state index is 12.6. The van der Waals surface area contributed by atoms with Crippen molar-refractivity contribution in [2.75, 3.05) is 11.4 Å². The van der Waals surface area contributed by atoms with Crippen molar-refractivity contribution in [3.05, 3.63) is 59.4 Å². The number of benzene rings is 1. The summed E-state index contributed by atoms with van der Waals surface area (Å²) in [4.78, 5) is 30.9. The Morgan fingerprint density at radius 3 is 2.69 bits per heavy atom. The van der Waals surface area contributed by atoms with Gasteiger partial charge in [0.2, 0.25) is 11.8 Å². The molecule has 5 heteroatoms. The molecule has 26 heavy (non-hydrogen) atoms. The lowest BCUT2D eigenvalue weighted by atomic mass is 9.97. The second-order valence-electron chi connectivity index (χ2n) is 7.15. The van der Waals surface area contributed by atoms with Gasteiger partial charge in [0.15, 0.2) is 0 Å². The van der Waals surface area contributed by atoms with Crippen LogP contribution in [0.25, 0.3) is 0 Å². The third-order valence-electron chi connectivity index (χ3n) is 4.87. The van der Waals surface area contributed by atoms with Crippen LogP contribution in [0.4, 0.5) is 5.69 Å². The standard InChI is InChI=1S/C21H25N3O2/c1-14(2)18-6-4-5-15(3)20(18)24-13-17(11-19(24)25)21(26)23-12-16-7-9-22-10-8-16/h4-10,14,17H,11-13H2,1-3H3,(H,23,26). The van der Waals surface area contributed by atoms with Crippen LogP contribution in [0.1, 0.15) is 42.9 Å². The van der Waals surface area contributed by atoms with Gasteiger partial charge in [-0.2, -0.15) is 0 Å². The Kier molecular flexibility index (Phi) is 5.35. The summed E-state index contributed by atoms with van der Waals surface area (Å²) in [5, 5.41) is 2.94. The number of carbonyl (C=O) groups is 2. The minimum absolute atomic E-state index is 0.0188. The number of hydrogen-bond acceptors (Lipinski definition) is 3. The summed E-state index contributed by atoms with van der Waals surface area (Å²) in [5.41, 5.74) is 4.19. The quantitative estimate of drug-likeness (QED) is 0.900. The van der Waals surface area contributed by atoms with E-state index in [4.69, 9.17) is 0 Å². The Balaban J connectivity index is 1.72. The van der Waals surface area contributed by atoms with Gasteiger partial charge in [0, 0.05) is 37.6 Å². The largest absolute Gasteiger partial charge is 0.352 e. The average molecular weight is 351 g/mol. The molecule has 1 aromatic carbocycles. The highest BCUT2D eigenvalue weighted by Gasteiger charge is 2.36. The van der Waals surface area contributed by atoms with E-state index in [9.17, 15) is 9.59 Å². The molecule has 1 atom stereocenters. The van der Waals surface area contributed by atoms with Crippen molar-refractivity contribution in [2.45, 2.75) is 39.7 Å². The van der Waals surface area contributed by atoms with E-state index in [-0.39, 0.29) is 24.2 Å². The van der Waals surface area contributed by atoms with E-state index in [0.717, 1.165) is 22.4 Å². The van der Waals surface area contributed by atoms with E-state index in [1.54, 1.807) is 17.3 Å². The predicted molar refractivity (Wildman–Crippen MR) is 102 cm³/mol. The Bertz CT molecular complexity index is 802. The van der Waals surface area contributed by atoms with Gasteiger partial charge in [-0.15, -0.1) is 0 Å². The van der Waals surface area contributed by atoms with Gasteiger partial charge < -0.3 is 10.2 Å². The van der Waals surface area contributed by atoms with Gasteiger partial charge in [0.1, 0.15) is 0 Å². The summed E-state index contributed by atoms with van der Waals surface area (Å²) in [6, 6.07) is 9.85. The van der Waals surface area contributed by atoms with Crippen molar-refractivity contribution in [1.82, 2.24) is 10.3 Å². The van der Waals surface area contributed by atoms with Crippen LogP contribution < -0.4 is 10.2 Å². The first kappa shape index (κ1) is 18.1. The lowest BCUT2D eigenvalue weighted by Gasteiger charge is -2.24. The number of hydrogen-bond donors (Lipinski definition) is 1. The van der Waals surface area contributed by atoms with E-state index in [2.05, 4.69) is 30.2 Å². The van der Waals surface area contributed by atoms with Crippen LogP contribution in [0.3, 0.4) is 0 Å². The molecule has 136 valence electrons. The average Bonchev–Trinajstić information content (AvgIpc) is 3.01. The van der Waals surface area contributed by atoms with E-state index in [0.29, 0.717) is 19.0 Å². The first-order valence-electron chi connectivity index (χ1n) is 9.04. The van der Waals surface area contributed by atoms with Crippen LogP contribution in [0.2, 0.25) is 0 Å². The van der Waals surface area contributed by atoms with Crippen molar-refractivity contribution >= 4 is 17.5 Å². The molecule has 5 nitrogen and oxygen atoms in total. The third kappa shape index (κ3) is 3.77. The zero-order chi connectivity index (χ0) is 18.7. The molecule has 1 unspecified atom stereocenters. The summed E-state index contributed by atoms with van der Waals surface area (Å²) >= 11 is 0. The Morgan fingerprint density at radius 2 is 2.00 bits per heavy atom. The normalized spacial score (nSPS) is 17.0. The number of para-hydroxylation sites is 1. The Labute approximate surface area is 154 Å². The van der Waals surface area contributed by atoms with Gasteiger partial charge in [-0.25, -0.2) is 0 Å². The molecule has 0 bridgehead atoms. The molecule has 0 saturated carbocycles.